The average molecular weight is 764 g/mol. The fraction of sp³-hybridized carbons (Fsp3) is 0.595. The molecule has 1 heterocycles. The van der Waals surface area contributed by atoms with Gasteiger partial charge in [0.15, 0.2) is 12.2 Å². The minimum atomic E-state index is -1.33. The number of carbonyl (C=O) groups excluding carboxylic acids is 5. The monoisotopic (exact) mass is 763 g/mol. The number of amides is 2. The maximum Gasteiger partial charge on any atom is 0.410 e. The van der Waals surface area contributed by atoms with Crippen LogP contribution in [0, 0.1) is 11.8 Å². The van der Waals surface area contributed by atoms with Crippen LogP contribution in [0.2, 0.25) is 0 Å². The summed E-state index contributed by atoms with van der Waals surface area (Å²) in [5.74, 6) is -2.34. The van der Waals surface area contributed by atoms with Gasteiger partial charge in [-0.05, 0) is 75.6 Å². The number of hydrogen-bond donors (Lipinski definition) is 0. The van der Waals surface area contributed by atoms with Crippen LogP contribution < -0.4 is 4.90 Å². The van der Waals surface area contributed by atoms with Crippen molar-refractivity contribution in [3.8, 4) is 0 Å². The number of anilines is 1. The lowest BCUT2D eigenvalue weighted by Gasteiger charge is -2.33. The zero-order chi connectivity index (χ0) is 39.7. The largest absolute Gasteiger partial charge is 0.458 e. The Morgan fingerprint density at radius 1 is 0.764 bits per heavy atom. The Kier molecular flexibility index (Phi) is 14.2. The van der Waals surface area contributed by atoms with Gasteiger partial charge in [-0.2, -0.15) is 0 Å². The van der Waals surface area contributed by atoms with Gasteiger partial charge in [-0.25, -0.2) is 19.2 Å². The van der Waals surface area contributed by atoms with E-state index in [4.69, 9.17) is 23.7 Å². The van der Waals surface area contributed by atoms with Crippen LogP contribution in [-0.2, 0) is 55.9 Å². The summed E-state index contributed by atoms with van der Waals surface area (Å²) in [6, 6.07) is 14.9. The molecule has 1 aliphatic heterocycles. The molecule has 0 aromatic heterocycles. The Bertz CT molecular complexity index is 1610. The predicted octanol–water partition coefficient (Wildman–Crippen LogP) is 5.32. The highest BCUT2D eigenvalue weighted by atomic mass is 16.6. The summed E-state index contributed by atoms with van der Waals surface area (Å²) in [7, 11) is 3.00. The zero-order valence-electron chi connectivity index (χ0n) is 33.1. The van der Waals surface area contributed by atoms with Gasteiger partial charge < -0.3 is 33.5 Å². The lowest BCUT2D eigenvalue weighted by molar-refractivity contribution is -0.174. The third-order valence-corrected chi connectivity index (χ3v) is 10.1. The van der Waals surface area contributed by atoms with Crippen LogP contribution in [0.3, 0.4) is 0 Å². The second-order valence-electron chi connectivity index (χ2n) is 16.0. The molecule has 13 nitrogen and oxygen atoms in total. The van der Waals surface area contributed by atoms with Gasteiger partial charge in [-0.15, -0.1) is 0 Å². The van der Waals surface area contributed by atoms with E-state index in [2.05, 4.69) is 4.90 Å². The topological polar surface area (TPSA) is 141 Å². The van der Waals surface area contributed by atoms with Gasteiger partial charge >= 0.3 is 24.0 Å². The van der Waals surface area contributed by atoms with Crippen LogP contribution in [-0.4, -0.2) is 110 Å². The molecule has 3 aliphatic rings. The Morgan fingerprint density at radius 3 is 1.89 bits per heavy atom. The summed E-state index contributed by atoms with van der Waals surface area (Å²) in [6.45, 7) is 9.51. The minimum absolute atomic E-state index is 0.0246. The van der Waals surface area contributed by atoms with E-state index in [1.54, 1.807) is 20.8 Å². The number of likely N-dealkylation sites (N-methyl/N-ethyl adjacent to an activating group) is 2. The van der Waals surface area contributed by atoms with Gasteiger partial charge in [0.1, 0.15) is 24.3 Å². The summed E-state index contributed by atoms with van der Waals surface area (Å²) in [5, 5.41) is 0. The first kappa shape index (κ1) is 41.5. The third-order valence-electron chi connectivity index (χ3n) is 10.1. The Hall–Kier alpha value is -4.65. The van der Waals surface area contributed by atoms with Gasteiger partial charge in [-0.3, -0.25) is 9.69 Å². The highest BCUT2D eigenvalue weighted by Crippen LogP contribution is 2.36. The predicted molar refractivity (Wildman–Crippen MR) is 204 cm³/mol. The summed E-state index contributed by atoms with van der Waals surface area (Å²) in [6.07, 6.45) is 1.15. The van der Waals surface area contributed by atoms with E-state index >= 15 is 0 Å². The van der Waals surface area contributed by atoms with E-state index in [1.807, 2.05) is 54.6 Å². The van der Waals surface area contributed by atoms with Crippen molar-refractivity contribution in [3.05, 3.63) is 65.7 Å². The van der Waals surface area contributed by atoms with Gasteiger partial charge in [0.25, 0.3) is 5.91 Å². The standard InChI is InChI=1S/C42H57N3O10/c1-28(38(47)52-27-32-10-8-7-9-11-32)53-39(48)34(24-29-12-13-29)43(5)37(46)36(26-31-16-18-33(19-17-31)45-20-22-51-23-21-45)54-40(49)35(25-30-14-15-30)44(6)41(50)55-42(2,3)4/h7-11,16-19,28-30,34-36H,12-15,20-27H2,1-6H3. The van der Waals surface area contributed by atoms with Crippen LogP contribution in [0.15, 0.2) is 54.6 Å². The smallest absolute Gasteiger partial charge is 0.410 e. The minimum Gasteiger partial charge on any atom is -0.458 e. The highest BCUT2D eigenvalue weighted by Gasteiger charge is 2.42. The van der Waals surface area contributed by atoms with Crippen molar-refractivity contribution in [2.24, 2.45) is 11.8 Å². The summed E-state index contributed by atoms with van der Waals surface area (Å²) < 4.78 is 28.1. The number of benzene rings is 2. The average Bonchev–Trinajstić information content (AvgIpc) is 4.11. The zero-order valence-corrected chi connectivity index (χ0v) is 33.1. The first-order chi connectivity index (χ1) is 26.2. The number of carbonyl (C=O) groups is 5. The lowest BCUT2D eigenvalue weighted by Crippen LogP contribution is -2.52. The maximum atomic E-state index is 14.5. The second kappa shape index (κ2) is 18.8. The SMILES string of the molecule is CC(OC(=O)C(CC1CC1)N(C)C(=O)C(Cc1ccc(N2CCOCC2)cc1)OC(=O)C(CC1CC1)N(C)C(=O)OC(C)(C)C)C(=O)OCc1ccccc1. The van der Waals surface area contributed by atoms with E-state index in [9.17, 15) is 24.0 Å². The quantitative estimate of drug-likeness (QED) is 0.153. The Balaban J connectivity index is 1.34. The molecule has 2 aliphatic carbocycles. The molecule has 2 saturated carbocycles. The molecule has 55 heavy (non-hydrogen) atoms. The molecule has 4 unspecified atom stereocenters. The van der Waals surface area contributed by atoms with Crippen molar-refractivity contribution in [1.82, 2.24) is 9.80 Å². The van der Waals surface area contributed by atoms with Gasteiger partial charge in [0, 0.05) is 39.3 Å². The number of rotatable bonds is 17. The molecule has 300 valence electrons. The van der Waals surface area contributed by atoms with Crippen LogP contribution >= 0.6 is 0 Å². The molecule has 4 atom stereocenters. The van der Waals surface area contributed by atoms with Crippen molar-refractivity contribution in [2.75, 3.05) is 45.3 Å². The number of nitrogens with zero attached hydrogens (tertiary/aromatic N) is 3. The van der Waals surface area contributed by atoms with E-state index in [0.29, 0.717) is 26.1 Å². The van der Waals surface area contributed by atoms with Crippen LogP contribution in [0.4, 0.5) is 10.5 Å². The fourth-order valence-corrected chi connectivity index (χ4v) is 6.43. The first-order valence-corrected chi connectivity index (χ1v) is 19.4. The maximum absolute atomic E-state index is 14.5. The molecule has 1 saturated heterocycles. The molecular weight excluding hydrogens is 706 g/mol. The van der Waals surface area contributed by atoms with Crippen molar-refractivity contribution in [3.63, 3.8) is 0 Å². The van der Waals surface area contributed by atoms with Crippen molar-refractivity contribution in [2.45, 2.75) is 109 Å². The summed E-state index contributed by atoms with van der Waals surface area (Å²) >= 11 is 0. The van der Waals surface area contributed by atoms with Gasteiger partial charge in [0.05, 0.1) is 13.2 Å². The van der Waals surface area contributed by atoms with Crippen LogP contribution in [0.1, 0.15) is 77.3 Å². The highest BCUT2D eigenvalue weighted by molar-refractivity contribution is 5.90. The van der Waals surface area contributed by atoms with E-state index < -0.39 is 59.8 Å². The number of hydrogen-bond acceptors (Lipinski definition) is 11. The molecule has 0 radical (unpaired) electrons. The van der Waals surface area contributed by atoms with E-state index in [-0.39, 0.29) is 24.9 Å². The second-order valence-corrected chi connectivity index (χ2v) is 16.0. The van der Waals surface area contributed by atoms with E-state index in [0.717, 1.165) is 55.6 Å². The van der Waals surface area contributed by atoms with Crippen molar-refractivity contribution in [1.29, 1.82) is 0 Å². The molecular formula is C42H57N3O10. The van der Waals surface area contributed by atoms with E-state index in [1.165, 1.54) is 30.8 Å². The third kappa shape index (κ3) is 12.7. The normalized spacial score (nSPS) is 17.9. The molecule has 0 N–H and O–H groups in total. The van der Waals surface area contributed by atoms with Crippen LogP contribution in [0.5, 0.6) is 0 Å². The number of morpholine rings is 1. The van der Waals surface area contributed by atoms with Gasteiger partial charge in [0.2, 0.25) is 0 Å². The molecule has 13 heteroatoms. The summed E-state index contributed by atoms with van der Waals surface area (Å²) in [5.41, 5.74) is 1.76. The Morgan fingerprint density at radius 2 is 1.33 bits per heavy atom. The molecule has 0 bridgehead atoms. The molecule has 0 spiro atoms. The number of esters is 3. The molecule has 2 amide bonds. The van der Waals surface area contributed by atoms with Crippen molar-refractivity contribution >= 4 is 35.6 Å². The van der Waals surface area contributed by atoms with Crippen LogP contribution in [0.25, 0.3) is 0 Å². The lowest BCUT2D eigenvalue weighted by atomic mass is 10.0. The molecule has 2 aromatic rings. The molecule has 2 aromatic carbocycles. The Labute approximate surface area is 324 Å². The van der Waals surface area contributed by atoms with Gasteiger partial charge in [-0.1, -0.05) is 68.1 Å². The number of ether oxygens (including phenoxy) is 5. The fourth-order valence-electron chi connectivity index (χ4n) is 6.43. The van der Waals surface area contributed by atoms with Crippen molar-refractivity contribution < 1.29 is 47.7 Å². The molecule has 3 fully saturated rings. The first-order valence-electron chi connectivity index (χ1n) is 19.4. The summed E-state index contributed by atoms with van der Waals surface area (Å²) in [4.78, 5) is 73.0. The molecule has 5 rings (SSSR count).